The van der Waals surface area contributed by atoms with Crippen LogP contribution in [0.4, 0.5) is 5.69 Å². The molecule has 106 valence electrons. The molecule has 1 aromatic rings. The molecule has 0 radical (unpaired) electrons. The lowest BCUT2D eigenvalue weighted by Gasteiger charge is -2.39. The number of hydrogen-bond acceptors (Lipinski definition) is 3. The van der Waals surface area contributed by atoms with Gasteiger partial charge in [0.1, 0.15) is 0 Å². The minimum atomic E-state index is 0.288. The standard InChI is InChI=1S/C16H26N2S/c1-4-15(17)11-14-5-7-16(8-6-14)18-9-10-19-13(3)12(18)2/h5-8,12-13,15H,4,9-11,17H2,1-3H3. The Balaban J connectivity index is 2.05. The van der Waals surface area contributed by atoms with Crippen LogP contribution in [0.5, 0.6) is 0 Å². The van der Waals surface area contributed by atoms with Crippen molar-refractivity contribution < 1.29 is 0 Å². The van der Waals surface area contributed by atoms with Gasteiger partial charge in [-0.2, -0.15) is 11.8 Å². The van der Waals surface area contributed by atoms with Gasteiger partial charge in [-0.1, -0.05) is 26.0 Å². The number of benzene rings is 1. The normalized spacial score (nSPS) is 25.4. The summed E-state index contributed by atoms with van der Waals surface area (Å²) in [6.07, 6.45) is 2.03. The third kappa shape index (κ3) is 3.67. The second-order valence-electron chi connectivity index (χ2n) is 5.55. The fraction of sp³-hybridized carbons (Fsp3) is 0.625. The van der Waals surface area contributed by atoms with E-state index < -0.39 is 0 Å². The lowest BCUT2D eigenvalue weighted by Crippen LogP contribution is -2.44. The van der Waals surface area contributed by atoms with Gasteiger partial charge < -0.3 is 10.6 Å². The van der Waals surface area contributed by atoms with Crippen LogP contribution in [0, 0.1) is 0 Å². The monoisotopic (exact) mass is 278 g/mol. The van der Waals surface area contributed by atoms with Gasteiger partial charge in [0.05, 0.1) is 0 Å². The van der Waals surface area contributed by atoms with Gasteiger partial charge in [-0.15, -0.1) is 0 Å². The maximum atomic E-state index is 6.01. The van der Waals surface area contributed by atoms with E-state index in [-0.39, 0.29) is 6.04 Å². The number of rotatable bonds is 4. The fourth-order valence-corrected chi connectivity index (χ4v) is 3.67. The van der Waals surface area contributed by atoms with Gasteiger partial charge in [-0.3, -0.25) is 0 Å². The summed E-state index contributed by atoms with van der Waals surface area (Å²) in [5.74, 6) is 1.23. The molecule has 1 aliphatic heterocycles. The van der Waals surface area contributed by atoms with Crippen molar-refractivity contribution in [3.8, 4) is 0 Å². The van der Waals surface area contributed by atoms with E-state index in [1.807, 2.05) is 0 Å². The van der Waals surface area contributed by atoms with E-state index in [0.29, 0.717) is 11.3 Å². The van der Waals surface area contributed by atoms with Crippen LogP contribution in [0.1, 0.15) is 32.8 Å². The molecule has 1 aromatic carbocycles. The van der Waals surface area contributed by atoms with E-state index in [2.05, 4.69) is 61.7 Å². The van der Waals surface area contributed by atoms with Crippen molar-refractivity contribution in [2.45, 2.75) is 50.9 Å². The molecule has 0 amide bonds. The summed E-state index contributed by atoms with van der Waals surface area (Å²) in [7, 11) is 0. The van der Waals surface area contributed by atoms with Gasteiger partial charge in [-0.05, 0) is 37.5 Å². The Kier molecular flexibility index (Phi) is 5.17. The molecule has 0 aromatic heterocycles. The van der Waals surface area contributed by atoms with Crippen LogP contribution >= 0.6 is 11.8 Å². The summed E-state index contributed by atoms with van der Waals surface area (Å²) >= 11 is 2.08. The van der Waals surface area contributed by atoms with Gasteiger partial charge in [0.2, 0.25) is 0 Å². The summed E-state index contributed by atoms with van der Waals surface area (Å²) in [5.41, 5.74) is 8.72. The number of nitrogens with zero attached hydrogens (tertiary/aromatic N) is 1. The molecule has 1 saturated heterocycles. The molecule has 3 unspecified atom stereocenters. The zero-order valence-electron chi connectivity index (χ0n) is 12.3. The van der Waals surface area contributed by atoms with Crippen molar-refractivity contribution in [3.05, 3.63) is 29.8 Å². The highest BCUT2D eigenvalue weighted by atomic mass is 32.2. The Hall–Kier alpha value is -0.670. The molecule has 0 spiro atoms. The molecule has 2 nitrogen and oxygen atoms in total. The van der Waals surface area contributed by atoms with Crippen LogP contribution in [0.15, 0.2) is 24.3 Å². The Labute approximate surface area is 121 Å². The van der Waals surface area contributed by atoms with E-state index in [4.69, 9.17) is 5.73 Å². The number of thioether (sulfide) groups is 1. The van der Waals surface area contributed by atoms with Crippen molar-refractivity contribution in [2.75, 3.05) is 17.2 Å². The quantitative estimate of drug-likeness (QED) is 0.916. The number of nitrogens with two attached hydrogens (primary N) is 1. The van der Waals surface area contributed by atoms with E-state index in [1.165, 1.54) is 17.0 Å². The van der Waals surface area contributed by atoms with Crippen LogP contribution in [-0.2, 0) is 6.42 Å². The summed E-state index contributed by atoms with van der Waals surface area (Å²) in [5, 5.41) is 0.710. The summed E-state index contributed by atoms with van der Waals surface area (Å²) in [6, 6.07) is 9.90. The first kappa shape index (κ1) is 14.7. The molecule has 0 aliphatic carbocycles. The average Bonchev–Trinajstić information content (AvgIpc) is 2.43. The topological polar surface area (TPSA) is 29.3 Å². The van der Waals surface area contributed by atoms with Crippen molar-refractivity contribution in [2.24, 2.45) is 5.73 Å². The van der Waals surface area contributed by atoms with Crippen molar-refractivity contribution in [1.29, 1.82) is 0 Å². The maximum Gasteiger partial charge on any atom is 0.0378 e. The molecular weight excluding hydrogens is 252 g/mol. The molecule has 3 atom stereocenters. The average molecular weight is 278 g/mol. The Morgan fingerprint density at radius 2 is 2.00 bits per heavy atom. The van der Waals surface area contributed by atoms with Crippen LogP contribution in [0.3, 0.4) is 0 Å². The second-order valence-corrected chi connectivity index (χ2v) is 7.03. The van der Waals surface area contributed by atoms with Crippen molar-refractivity contribution in [1.82, 2.24) is 0 Å². The van der Waals surface area contributed by atoms with Gasteiger partial charge in [0.15, 0.2) is 0 Å². The predicted octanol–water partition coefficient (Wildman–Crippen LogP) is 3.30. The number of hydrogen-bond donors (Lipinski definition) is 1. The highest BCUT2D eigenvalue weighted by Gasteiger charge is 2.25. The molecule has 1 heterocycles. The van der Waals surface area contributed by atoms with Gasteiger partial charge in [-0.25, -0.2) is 0 Å². The maximum absolute atomic E-state index is 6.01. The van der Waals surface area contributed by atoms with Crippen molar-refractivity contribution >= 4 is 17.4 Å². The lowest BCUT2D eigenvalue weighted by atomic mass is 10.0. The van der Waals surface area contributed by atoms with E-state index in [1.54, 1.807) is 0 Å². The Morgan fingerprint density at radius 1 is 1.32 bits per heavy atom. The molecule has 19 heavy (non-hydrogen) atoms. The first-order valence-corrected chi connectivity index (χ1v) is 8.39. The second kappa shape index (κ2) is 6.67. The lowest BCUT2D eigenvalue weighted by molar-refractivity contribution is 0.626. The molecule has 0 saturated carbocycles. The smallest absolute Gasteiger partial charge is 0.0378 e. The van der Waals surface area contributed by atoms with Crippen molar-refractivity contribution in [3.63, 3.8) is 0 Å². The largest absolute Gasteiger partial charge is 0.367 e. The Morgan fingerprint density at radius 3 is 2.63 bits per heavy atom. The van der Waals surface area contributed by atoms with Crippen LogP contribution in [0.25, 0.3) is 0 Å². The first-order valence-electron chi connectivity index (χ1n) is 7.34. The van der Waals surface area contributed by atoms with E-state index in [9.17, 15) is 0 Å². The predicted molar refractivity (Wildman–Crippen MR) is 87.1 cm³/mol. The fourth-order valence-electron chi connectivity index (χ4n) is 2.57. The highest BCUT2D eigenvalue weighted by molar-refractivity contribution is 8.00. The summed E-state index contributed by atoms with van der Waals surface area (Å²) in [6.45, 7) is 7.96. The minimum Gasteiger partial charge on any atom is -0.367 e. The molecular formula is C16H26N2S. The zero-order chi connectivity index (χ0) is 13.8. The van der Waals surface area contributed by atoms with Gasteiger partial charge in [0.25, 0.3) is 0 Å². The molecule has 1 fully saturated rings. The van der Waals surface area contributed by atoms with Crippen LogP contribution in [-0.4, -0.2) is 29.6 Å². The Bertz CT molecular complexity index is 390. The highest BCUT2D eigenvalue weighted by Crippen LogP contribution is 2.29. The van der Waals surface area contributed by atoms with Crippen LogP contribution in [0.2, 0.25) is 0 Å². The molecule has 3 heteroatoms. The summed E-state index contributed by atoms with van der Waals surface area (Å²) in [4.78, 5) is 2.53. The zero-order valence-corrected chi connectivity index (χ0v) is 13.1. The third-order valence-corrected chi connectivity index (χ3v) is 5.51. The SMILES string of the molecule is CCC(N)Cc1ccc(N2CCSC(C)C2C)cc1. The summed E-state index contributed by atoms with van der Waals surface area (Å²) < 4.78 is 0. The van der Waals surface area contributed by atoms with E-state index >= 15 is 0 Å². The first-order chi connectivity index (χ1) is 9.11. The van der Waals surface area contributed by atoms with Gasteiger partial charge >= 0.3 is 0 Å². The number of anilines is 1. The third-order valence-electron chi connectivity index (χ3n) is 4.17. The molecule has 0 bridgehead atoms. The molecule has 1 aliphatic rings. The van der Waals surface area contributed by atoms with Gasteiger partial charge in [0, 0.05) is 35.3 Å². The molecule has 2 N–H and O–H groups in total. The van der Waals surface area contributed by atoms with E-state index in [0.717, 1.165) is 19.4 Å². The molecule has 2 rings (SSSR count). The minimum absolute atomic E-state index is 0.288. The van der Waals surface area contributed by atoms with Crippen LogP contribution < -0.4 is 10.6 Å².